The molecule has 1 aromatic heterocycles. The minimum Gasteiger partial charge on any atom is -0.322 e. The number of halogens is 2. The second kappa shape index (κ2) is 11.7. The molecule has 0 aliphatic carbocycles. The van der Waals surface area contributed by atoms with Gasteiger partial charge in [-0.15, -0.1) is 0 Å². The van der Waals surface area contributed by atoms with E-state index in [1.54, 1.807) is 55.5 Å². The highest BCUT2D eigenvalue weighted by Crippen LogP contribution is 2.38. The smallest absolute Gasteiger partial charge is 0.258 e. The second-order valence-electron chi connectivity index (χ2n) is 8.21. The molecule has 1 amide bonds. The van der Waals surface area contributed by atoms with Gasteiger partial charge in [0, 0.05) is 31.9 Å². The van der Waals surface area contributed by atoms with Crippen molar-refractivity contribution in [1.29, 1.82) is 5.26 Å². The van der Waals surface area contributed by atoms with E-state index < -0.39 is 5.91 Å². The zero-order valence-corrected chi connectivity index (χ0v) is 23.2. The van der Waals surface area contributed by atoms with E-state index in [0.29, 0.717) is 38.1 Å². The molecule has 0 radical (unpaired) electrons. The number of nitriles is 1. The summed E-state index contributed by atoms with van der Waals surface area (Å²) in [6.45, 7) is 3.62. The Morgan fingerprint density at radius 2 is 1.70 bits per heavy atom. The van der Waals surface area contributed by atoms with E-state index in [4.69, 9.17) is 11.6 Å². The number of carbonyl (C=O) groups is 2. The number of nitrogens with one attached hydrogen (secondary N) is 1. The molecule has 4 rings (SSSR count). The number of ketones is 1. The summed E-state index contributed by atoms with van der Waals surface area (Å²) in [5, 5.41) is 13.9. The minimum atomic E-state index is -0.395. The molecule has 0 spiro atoms. The first-order chi connectivity index (χ1) is 17.8. The standard InChI is InChI=1S/C29H21BrClN3O2S/c1-17-7-3-6-10-24(17)34-28(36)26-18(2)33-29(37-16-25(35)19-11-13-20(30)14-12-19)22(15-32)27(26)21-8-4-5-9-23(21)31/h3-14H,16H2,1-2H3,(H,34,36). The second-order valence-corrected chi connectivity index (χ2v) is 10.5. The fourth-order valence-electron chi connectivity index (χ4n) is 3.85. The van der Waals surface area contributed by atoms with Crippen molar-refractivity contribution in [2.45, 2.75) is 18.9 Å². The Labute approximate surface area is 233 Å². The number of thioether (sulfide) groups is 1. The van der Waals surface area contributed by atoms with Gasteiger partial charge >= 0.3 is 0 Å². The number of rotatable bonds is 7. The molecule has 0 bridgehead atoms. The Morgan fingerprint density at radius 1 is 1.03 bits per heavy atom. The molecular formula is C29H21BrClN3O2S. The molecule has 0 unspecified atom stereocenters. The maximum Gasteiger partial charge on any atom is 0.258 e. The van der Waals surface area contributed by atoms with Crippen LogP contribution in [0.4, 0.5) is 5.69 Å². The molecule has 3 aromatic carbocycles. The topological polar surface area (TPSA) is 82.8 Å². The van der Waals surface area contributed by atoms with Crippen LogP contribution in [0.5, 0.6) is 0 Å². The van der Waals surface area contributed by atoms with E-state index in [1.807, 2.05) is 31.2 Å². The molecule has 0 saturated heterocycles. The highest BCUT2D eigenvalue weighted by molar-refractivity contribution is 9.10. The molecule has 5 nitrogen and oxygen atoms in total. The molecular weight excluding hydrogens is 570 g/mol. The Bertz CT molecular complexity index is 1550. The van der Waals surface area contributed by atoms with Gasteiger partial charge in [-0.2, -0.15) is 5.26 Å². The van der Waals surface area contributed by atoms with E-state index in [2.05, 4.69) is 32.3 Å². The van der Waals surface area contributed by atoms with Crippen LogP contribution in [0.2, 0.25) is 5.02 Å². The van der Waals surface area contributed by atoms with Crippen molar-refractivity contribution >= 4 is 56.7 Å². The van der Waals surface area contributed by atoms with Crippen LogP contribution >= 0.6 is 39.3 Å². The Morgan fingerprint density at radius 3 is 2.38 bits per heavy atom. The monoisotopic (exact) mass is 589 g/mol. The number of hydrogen-bond acceptors (Lipinski definition) is 5. The van der Waals surface area contributed by atoms with Crippen LogP contribution in [0.15, 0.2) is 82.3 Å². The first-order valence-electron chi connectivity index (χ1n) is 11.3. The lowest BCUT2D eigenvalue weighted by Crippen LogP contribution is -2.18. The summed E-state index contributed by atoms with van der Waals surface area (Å²) < 4.78 is 0.879. The zero-order chi connectivity index (χ0) is 26.5. The minimum absolute atomic E-state index is 0.0828. The molecule has 0 saturated carbocycles. The number of anilines is 1. The molecule has 1 heterocycles. The lowest BCUT2D eigenvalue weighted by Gasteiger charge is -2.18. The predicted molar refractivity (Wildman–Crippen MR) is 152 cm³/mol. The third-order valence-corrected chi connectivity index (χ3v) is 7.56. The third kappa shape index (κ3) is 5.94. The van der Waals surface area contributed by atoms with E-state index in [-0.39, 0.29) is 22.7 Å². The number of carbonyl (C=O) groups excluding carboxylic acids is 2. The molecule has 1 N–H and O–H groups in total. The molecule has 37 heavy (non-hydrogen) atoms. The van der Waals surface area contributed by atoms with Crippen molar-refractivity contribution in [3.05, 3.63) is 110 Å². The number of pyridine rings is 1. The van der Waals surface area contributed by atoms with Crippen LogP contribution in [-0.4, -0.2) is 22.4 Å². The molecule has 8 heteroatoms. The molecule has 4 aromatic rings. The summed E-state index contributed by atoms with van der Waals surface area (Å²) in [6.07, 6.45) is 0. The van der Waals surface area contributed by atoms with Gasteiger partial charge < -0.3 is 5.32 Å². The van der Waals surface area contributed by atoms with Crippen molar-refractivity contribution in [1.82, 2.24) is 4.98 Å². The highest BCUT2D eigenvalue weighted by atomic mass is 79.9. The normalized spacial score (nSPS) is 10.6. The average molecular weight is 591 g/mol. The first kappa shape index (κ1) is 26.6. The summed E-state index contributed by atoms with van der Waals surface area (Å²) >= 11 is 11.1. The molecule has 184 valence electrons. The number of nitrogens with zero attached hydrogens (tertiary/aromatic N) is 2. The number of aryl methyl sites for hydroxylation is 2. The summed E-state index contributed by atoms with van der Waals surface area (Å²) in [5.74, 6) is -0.408. The number of amides is 1. The molecule has 0 aliphatic heterocycles. The fraction of sp³-hybridized carbons (Fsp3) is 0.103. The van der Waals surface area contributed by atoms with Crippen molar-refractivity contribution in [2.24, 2.45) is 0 Å². The van der Waals surface area contributed by atoms with Crippen LogP contribution < -0.4 is 5.32 Å². The predicted octanol–water partition coefficient (Wildman–Crippen LogP) is 7.88. The number of para-hydroxylation sites is 1. The van der Waals surface area contributed by atoms with E-state index in [1.165, 1.54) is 0 Å². The fourth-order valence-corrected chi connectivity index (χ4v) is 5.27. The third-order valence-electron chi connectivity index (χ3n) is 5.73. The quantitative estimate of drug-likeness (QED) is 0.175. The van der Waals surface area contributed by atoms with Crippen LogP contribution in [0.25, 0.3) is 11.1 Å². The van der Waals surface area contributed by atoms with Crippen LogP contribution in [0.1, 0.15) is 37.5 Å². The van der Waals surface area contributed by atoms with Gasteiger partial charge in [0.25, 0.3) is 5.91 Å². The van der Waals surface area contributed by atoms with E-state index in [9.17, 15) is 14.9 Å². The van der Waals surface area contributed by atoms with E-state index >= 15 is 0 Å². The first-order valence-corrected chi connectivity index (χ1v) is 13.4. The highest BCUT2D eigenvalue weighted by Gasteiger charge is 2.26. The Hall–Kier alpha value is -3.44. The maximum absolute atomic E-state index is 13.6. The van der Waals surface area contributed by atoms with Crippen molar-refractivity contribution in [2.75, 3.05) is 11.1 Å². The average Bonchev–Trinajstić information content (AvgIpc) is 2.88. The number of aromatic nitrogens is 1. The summed E-state index contributed by atoms with van der Waals surface area (Å²) in [7, 11) is 0. The molecule has 0 aliphatic rings. The zero-order valence-electron chi connectivity index (χ0n) is 20.0. The SMILES string of the molecule is Cc1ccccc1NC(=O)c1c(C)nc(SCC(=O)c2ccc(Br)cc2)c(C#N)c1-c1ccccc1Cl. The summed E-state index contributed by atoms with van der Waals surface area (Å²) in [6, 6.07) is 23.8. The Kier molecular flexibility index (Phi) is 8.45. The lowest BCUT2D eigenvalue weighted by atomic mass is 9.94. The van der Waals surface area contributed by atoms with Crippen molar-refractivity contribution < 1.29 is 9.59 Å². The lowest BCUT2D eigenvalue weighted by molar-refractivity contribution is 0.101. The largest absolute Gasteiger partial charge is 0.322 e. The van der Waals surface area contributed by atoms with Gasteiger partial charge in [0.05, 0.1) is 22.6 Å². The van der Waals surface area contributed by atoms with Crippen molar-refractivity contribution in [3.8, 4) is 17.2 Å². The maximum atomic E-state index is 13.6. The van der Waals surface area contributed by atoms with Gasteiger partial charge in [-0.05, 0) is 43.7 Å². The van der Waals surface area contributed by atoms with Gasteiger partial charge in [0.1, 0.15) is 11.1 Å². The molecule has 0 fully saturated rings. The Balaban J connectivity index is 1.79. The van der Waals surface area contributed by atoms with Crippen molar-refractivity contribution in [3.63, 3.8) is 0 Å². The molecule has 0 atom stereocenters. The summed E-state index contributed by atoms with van der Waals surface area (Å²) in [4.78, 5) is 31.0. The number of hydrogen-bond donors (Lipinski definition) is 1. The van der Waals surface area contributed by atoms with Crippen LogP contribution in [0, 0.1) is 25.2 Å². The number of benzene rings is 3. The van der Waals surface area contributed by atoms with Gasteiger partial charge in [-0.1, -0.05) is 87.8 Å². The van der Waals surface area contributed by atoms with Crippen LogP contribution in [0.3, 0.4) is 0 Å². The van der Waals surface area contributed by atoms with Gasteiger partial charge in [0.2, 0.25) is 0 Å². The van der Waals surface area contributed by atoms with Gasteiger partial charge in [-0.3, -0.25) is 9.59 Å². The van der Waals surface area contributed by atoms with Gasteiger partial charge in [-0.25, -0.2) is 4.98 Å². The van der Waals surface area contributed by atoms with E-state index in [0.717, 1.165) is 21.8 Å². The number of Topliss-reactive ketones (excluding diaryl/α,β-unsaturated/α-hetero) is 1. The van der Waals surface area contributed by atoms with Crippen LogP contribution in [-0.2, 0) is 0 Å². The van der Waals surface area contributed by atoms with Gasteiger partial charge in [0.15, 0.2) is 5.78 Å². The summed E-state index contributed by atoms with van der Waals surface area (Å²) in [5.41, 5.74) is 3.95.